The van der Waals surface area contributed by atoms with Crippen LogP contribution in [0.3, 0.4) is 0 Å². The van der Waals surface area contributed by atoms with Crippen LogP contribution in [0, 0.1) is 5.82 Å². The lowest BCUT2D eigenvalue weighted by Gasteiger charge is -2.21. The van der Waals surface area contributed by atoms with Crippen molar-refractivity contribution in [3.63, 3.8) is 0 Å². The van der Waals surface area contributed by atoms with Crippen molar-refractivity contribution in [1.29, 1.82) is 0 Å². The van der Waals surface area contributed by atoms with Crippen LogP contribution in [0.15, 0.2) is 53.9 Å². The molecule has 4 nitrogen and oxygen atoms in total. The minimum atomic E-state index is -0.269. The second-order valence-corrected chi connectivity index (χ2v) is 8.59. The standard InChI is InChI=1S/C21H20FN3OS2/c1-14(21-24-18-5-3-4-6-19(18)28-21)25(2)11-16-13-27-20(23-16)12-26-17-9-7-15(22)8-10-17/h3-10,13-14H,11-12H2,1-2H3. The van der Waals surface area contributed by atoms with Crippen molar-refractivity contribution in [1.82, 2.24) is 14.9 Å². The molecular weight excluding hydrogens is 393 g/mol. The number of nitrogens with zero attached hydrogens (tertiary/aromatic N) is 3. The molecule has 2 aromatic carbocycles. The fourth-order valence-corrected chi connectivity index (χ4v) is 4.59. The molecule has 0 fully saturated rings. The van der Waals surface area contributed by atoms with Gasteiger partial charge in [-0.15, -0.1) is 22.7 Å². The van der Waals surface area contributed by atoms with Gasteiger partial charge in [0.1, 0.15) is 28.2 Å². The zero-order valence-electron chi connectivity index (χ0n) is 15.6. The molecule has 0 amide bonds. The number of halogens is 1. The van der Waals surface area contributed by atoms with E-state index in [0.717, 1.165) is 27.8 Å². The molecule has 4 aromatic rings. The highest BCUT2D eigenvalue weighted by Gasteiger charge is 2.17. The van der Waals surface area contributed by atoms with E-state index in [2.05, 4.69) is 41.4 Å². The Morgan fingerprint density at radius 1 is 1.11 bits per heavy atom. The molecule has 0 radical (unpaired) electrons. The third-order valence-electron chi connectivity index (χ3n) is 4.52. The van der Waals surface area contributed by atoms with Crippen LogP contribution in [0.4, 0.5) is 4.39 Å². The van der Waals surface area contributed by atoms with E-state index in [1.54, 1.807) is 34.8 Å². The van der Waals surface area contributed by atoms with Gasteiger partial charge in [-0.3, -0.25) is 4.90 Å². The van der Waals surface area contributed by atoms with Crippen LogP contribution in [0.2, 0.25) is 0 Å². The lowest BCUT2D eigenvalue weighted by molar-refractivity contribution is 0.249. The van der Waals surface area contributed by atoms with E-state index in [1.165, 1.54) is 16.8 Å². The van der Waals surface area contributed by atoms with Gasteiger partial charge in [0.2, 0.25) is 0 Å². The second kappa shape index (κ2) is 8.34. The number of fused-ring (bicyclic) bond motifs is 1. The molecule has 0 aliphatic carbocycles. The van der Waals surface area contributed by atoms with Crippen LogP contribution in [-0.2, 0) is 13.2 Å². The minimum absolute atomic E-state index is 0.206. The van der Waals surface area contributed by atoms with Crippen LogP contribution >= 0.6 is 22.7 Å². The Kier molecular flexibility index (Phi) is 5.66. The number of ether oxygens (including phenoxy) is 1. The maximum absolute atomic E-state index is 12.9. The molecule has 0 N–H and O–H groups in total. The van der Waals surface area contributed by atoms with Gasteiger partial charge in [0.15, 0.2) is 0 Å². The lowest BCUT2D eigenvalue weighted by Crippen LogP contribution is -2.22. The molecule has 1 atom stereocenters. The summed E-state index contributed by atoms with van der Waals surface area (Å²) in [4.78, 5) is 11.7. The highest BCUT2D eigenvalue weighted by molar-refractivity contribution is 7.18. The fourth-order valence-electron chi connectivity index (χ4n) is 2.81. The van der Waals surface area contributed by atoms with Crippen molar-refractivity contribution in [3.05, 3.63) is 75.4 Å². The van der Waals surface area contributed by atoms with Gasteiger partial charge >= 0.3 is 0 Å². The number of para-hydroxylation sites is 1. The molecule has 1 unspecified atom stereocenters. The van der Waals surface area contributed by atoms with E-state index < -0.39 is 0 Å². The molecule has 0 aliphatic heterocycles. The van der Waals surface area contributed by atoms with E-state index >= 15 is 0 Å². The molecule has 7 heteroatoms. The van der Waals surface area contributed by atoms with Gasteiger partial charge in [-0.1, -0.05) is 12.1 Å². The molecule has 0 aliphatic rings. The van der Waals surface area contributed by atoms with E-state index in [0.29, 0.717) is 12.4 Å². The summed E-state index contributed by atoms with van der Waals surface area (Å²) in [5, 5.41) is 4.07. The number of hydrogen-bond donors (Lipinski definition) is 0. The van der Waals surface area contributed by atoms with Crippen LogP contribution in [0.25, 0.3) is 10.2 Å². The highest BCUT2D eigenvalue weighted by Crippen LogP contribution is 2.29. The molecule has 144 valence electrons. The Morgan fingerprint density at radius 2 is 1.89 bits per heavy atom. The Labute approximate surface area is 171 Å². The number of rotatable bonds is 7. The lowest BCUT2D eigenvalue weighted by atomic mass is 10.3. The first-order valence-corrected chi connectivity index (χ1v) is 10.7. The SMILES string of the molecule is CC(c1nc2ccccc2s1)N(C)Cc1csc(COc2ccc(F)cc2)n1. The summed E-state index contributed by atoms with van der Waals surface area (Å²) in [6.45, 7) is 3.29. The first kappa shape index (κ1) is 19.0. The first-order valence-electron chi connectivity index (χ1n) is 8.96. The summed E-state index contributed by atoms with van der Waals surface area (Å²) in [5.74, 6) is 0.369. The Hall–Kier alpha value is -2.35. The van der Waals surface area contributed by atoms with E-state index in [4.69, 9.17) is 9.72 Å². The highest BCUT2D eigenvalue weighted by atomic mass is 32.1. The summed E-state index contributed by atoms with van der Waals surface area (Å²) in [6, 6.07) is 14.5. The summed E-state index contributed by atoms with van der Waals surface area (Å²) in [6.07, 6.45) is 0. The first-order chi connectivity index (χ1) is 13.6. The maximum atomic E-state index is 12.9. The van der Waals surface area contributed by atoms with E-state index in [-0.39, 0.29) is 11.9 Å². The third-order valence-corrected chi connectivity index (χ3v) is 6.59. The van der Waals surface area contributed by atoms with Crippen LogP contribution in [0.5, 0.6) is 5.75 Å². The van der Waals surface area contributed by atoms with Gasteiger partial charge in [0, 0.05) is 11.9 Å². The Balaban J connectivity index is 1.36. The zero-order valence-corrected chi connectivity index (χ0v) is 17.3. The number of aromatic nitrogens is 2. The van der Waals surface area contributed by atoms with Crippen molar-refractivity contribution in [2.75, 3.05) is 7.05 Å². The summed E-state index contributed by atoms with van der Waals surface area (Å²) in [7, 11) is 2.09. The largest absolute Gasteiger partial charge is 0.486 e. The third kappa shape index (κ3) is 4.38. The summed E-state index contributed by atoms with van der Waals surface area (Å²) >= 11 is 3.31. The van der Waals surface area contributed by atoms with Gasteiger partial charge < -0.3 is 4.74 Å². The fraction of sp³-hybridized carbons (Fsp3) is 0.238. The Morgan fingerprint density at radius 3 is 2.68 bits per heavy atom. The minimum Gasteiger partial charge on any atom is -0.486 e. The van der Waals surface area contributed by atoms with Crippen molar-refractivity contribution >= 4 is 32.9 Å². The van der Waals surface area contributed by atoms with Gasteiger partial charge in [0.25, 0.3) is 0 Å². The quantitative estimate of drug-likeness (QED) is 0.392. The van der Waals surface area contributed by atoms with E-state index in [1.807, 2.05) is 12.1 Å². The van der Waals surface area contributed by atoms with Crippen molar-refractivity contribution < 1.29 is 9.13 Å². The number of hydrogen-bond acceptors (Lipinski definition) is 6. The monoisotopic (exact) mass is 413 g/mol. The molecule has 28 heavy (non-hydrogen) atoms. The normalized spacial score (nSPS) is 12.6. The molecule has 0 spiro atoms. The van der Waals surface area contributed by atoms with Crippen LogP contribution in [-0.4, -0.2) is 21.9 Å². The average molecular weight is 414 g/mol. The van der Waals surface area contributed by atoms with Crippen molar-refractivity contribution in [3.8, 4) is 5.75 Å². The van der Waals surface area contributed by atoms with E-state index in [9.17, 15) is 4.39 Å². The van der Waals surface area contributed by atoms with Crippen LogP contribution in [0.1, 0.15) is 28.7 Å². The van der Waals surface area contributed by atoms with Crippen LogP contribution < -0.4 is 4.74 Å². The molecule has 0 bridgehead atoms. The molecule has 0 saturated heterocycles. The van der Waals surface area contributed by atoms with Gasteiger partial charge in [-0.05, 0) is 50.4 Å². The number of thiazole rings is 2. The molecule has 0 saturated carbocycles. The van der Waals surface area contributed by atoms with Gasteiger partial charge in [-0.2, -0.15) is 0 Å². The number of benzene rings is 2. The molecular formula is C21H20FN3OS2. The average Bonchev–Trinajstić information content (AvgIpc) is 3.33. The van der Waals surface area contributed by atoms with Crippen molar-refractivity contribution in [2.24, 2.45) is 0 Å². The zero-order chi connectivity index (χ0) is 19.5. The maximum Gasteiger partial charge on any atom is 0.140 e. The summed E-state index contributed by atoms with van der Waals surface area (Å²) in [5.41, 5.74) is 2.06. The molecule has 4 rings (SSSR count). The predicted molar refractivity (Wildman–Crippen MR) is 112 cm³/mol. The predicted octanol–water partition coefficient (Wildman–Crippen LogP) is 5.66. The summed E-state index contributed by atoms with van der Waals surface area (Å²) < 4.78 is 19.8. The Bertz CT molecular complexity index is 1030. The molecule has 2 heterocycles. The molecule has 2 aromatic heterocycles. The van der Waals surface area contributed by atoms with Crippen molar-refractivity contribution in [2.45, 2.75) is 26.1 Å². The van der Waals surface area contributed by atoms with Gasteiger partial charge in [-0.25, -0.2) is 14.4 Å². The van der Waals surface area contributed by atoms with Gasteiger partial charge in [0.05, 0.1) is 22.0 Å². The smallest absolute Gasteiger partial charge is 0.140 e. The second-order valence-electron chi connectivity index (χ2n) is 6.59. The topological polar surface area (TPSA) is 38.2 Å².